The number of aliphatic imine (C=N–C) groups is 1. The van der Waals surface area contributed by atoms with E-state index in [1.807, 2.05) is 31.3 Å². The number of hydrogen-bond acceptors (Lipinski definition) is 6. The Hall–Kier alpha value is -2.77. The number of benzene rings is 1. The molecule has 0 aliphatic rings. The molecule has 28 heavy (non-hydrogen) atoms. The molecule has 3 N–H and O–H groups in total. The molecular formula is C20H32N4O4. The topological polar surface area (TPSA) is 101 Å². The van der Waals surface area contributed by atoms with Crippen molar-refractivity contribution in [1.29, 1.82) is 0 Å². The van der Waals surface area contributed by atoms with E-state index in [0.29, 0.717) is 13.0 Å². The normalized spacial score (nSPS) is 11.2. The second kappa shape index (κ2) is 9.96. The first-order chi connectivity index (χ1) is 12.9. The van der Waals surface area contributed by atoms with E-state index in [1.165, 1.54) is 0 Å². The molecular weight excluding hydrogens is 360 g/mol. The number of ether oxygens (including phenoxy) is 2. The van der Waals surface area contributed by atoms with E-state index in [1.54, 1.807) is 41.5 Å². The smallest absolute Gasteiger partial charge is 0.414 e. The van der Waals surface area contributed by atoms with Gasteiger partial charge in [0.1, 0.15) is 11.2 Å². The Morgan fingerprint density at radius 1 is 0.893 bits per heavy atom. The highest BCUT2D eigenvalue weighted by molar-refractivity contribution is 6.01. The fourth-order valence-corrected chi connectivity index (χ4v) is 2.05. The van der Waals surface area contributed by atoms with Crippen molar-refractivity contribution >= 4 is 23.8 Å². The van der Waals surface area contributed by atoms with Crippen molar-refractivity contribution in [2.24, 2.45) is 4.99 Å². The number of amides is 2. The van der Waals surface area contributed by atoms with Crippen LogP contribution in [0.25, 0.3) is 0 Å². The molecule has 0 fully saturated rings. The third-order valence-corrected chi connectivity index (χ3v) is 3.15. The Balaban J connectivity index is 2.77. The van der Waals surface area contributed by atoms with Gasteiger partial charge < -0.3 is 14.8 Å². The van der Waals surface area contributed by atoms with Crippen molar-refractivity contribution in [3.05, 3.63) is 29.8 Å². The summed E-state index contributed by atoms with van der Waals surface area (Å²) in [6, 6.07) is 7.92. The lowest BCUT2D eigenvalue weighted by Gasteiger charge is -2.22. The van der Waals surface area contributed by atoms with E-state index in [9.17, 15) is 9.59 Å². The summed E-state index contributed by atoms with van der Waals surface area (Å²) in [5, 5.41) is 7.98. The molecule has 0 spiro atoms. The first-order valence-corrected chi connectivity index (χ1v) is 9.19. The van der Waals surface area contributed by atoms with Crippen LogP contribution in [-0.4, -0.2) is 42.9 Å². The monoisotopic (exact) mass is 392 g/mol. The predicted octanol–water partition coefficient (Wildman–Crippen LogP) is 3.68. The number of anilines is 1. The summed E-state index contributed by atoms with van der Waals surface area (Å²) in [5.41, 5.74) is 0.759. The van der Waals surface area contributed by atoms with E-state index in [2.05, 4.69) is 20.9 Å². The molecule has 0 unspecified atom stereocenters. The van der Waals surface area contributed by atoms with Crippen LogP contribution in [0.4, 0.5) is 15.3 Å². The molecule has 0 radical (unpaired) electrons. The standard InChI is InChI=1S/C20H32N4O4/c1-19(2,3)27-17(25)23-16(24-18(26)28-20(4,5)6)22-13-12-14-8-10-15(21-7)11-9-14/h8-11,21H,12-13H2,1-7H3,(H2,22,23,24,25,26). The fourth-order valence-electron chi connectivity index (χ4n) is 2.05. The van der Waals surface area contributed by atoms with Gasteiger partial charge in [-0.2, -0.15) is 0 Å². The molecule has 0 heterocycles. The number of carbonyl (C=O) groups is 2. The molecule has 0 atom stereocenters. The van der Waals surface area contributed by atoms with Gasteiger partial charge in [-0.1, -0.05) is 12.1 Å². The Kier molecular flexibility index (Phi) is 8.28. The summed E-state index contributed by atoms with van der Waals surface area (Å²) in [5.74, 6) is -0.0182. The second-order valence-electron chi connectivity index (χ2n) is 8.18. The van der Waals surface area contributed by atoms with Crippen LogP contribution in [0.15, 0.2) is 29.3 Å². The van der Waals surface area contributed by atoms with Gasteiger partial charge in [0.05, 0.1) is 0 Å². The van der Waals surface area contributed by atoms with Crippen LogP contribution in [0, 0.1) is 0 Å². The number of alkyl carbamates (subject to hydrolysis) is 2. The van der Waals surface area contributed by atoms with Crippen LogP contribution in [0.2, 0.25) is 0 Å². The highest BCUT2D eigenvalue weighted by Gasteiger charge is 2.21. The molecule has 2 amide bonds. The van der Waals surface area contributed by atoms with Gasteiger partial charge in [0.25, 0.3) is 0 Å². The Labute approximate surface area is 167 Å². The van der Waals surface area contributed by atoms with Crippen LogP contribution < -0.4 is 16.0 Å². The lowest BCUT2D eigenvalue weighted by molar-refractivity contribution is 0.0545. The fraction of sp³-hybridized carbons (Fsp3) is 0.550. The average Bonchev–Trinajstić information content (AvgIpc) is 2.51. The molecule has 0 bridgehead atoms. The lowest BCUT2D eigenvalue weighted by atomic mass is 10.1. The maximum Gasteiger partial charge on any atom is 0.414 e. The molecule has 0 aliphatic heterocycles. The zero-order valence-corrected chi connectivity index (χ0v) is 17.8. The van der Waals surface area contributed by atoms with Crippen molar-refractivity contribution < 1.29 is 19.1 Å². The van der Waals surface area contributed by atoms with Crippen molar-refractivity contribution in [3.8, 4) is 0 Å². The van der Waals surface area contributed by atoms with Crippen LogP contribution in [0.1, 0.15) is 47.1 Å². The van der Waals surface area contributed by atoms with Crippen LogP contribution >= 0.6 is 0 Å². The van der Waals surface area contributed by atoms with Crippen LogP contribution in [0.3, 0.4) is 0 Å². The van der Waals surface area contributed by atoms with Crippen LogP contribution in [0.5, 0.6) is 0 Å². The molecule has 0 aromatic heterocycles. The maximum atomic E-state index is 12.0. The van der Waals surface area contributed by atoms with Gasteiger partial charge in [-0.15, -0.1) is 0 Å². The van der Waals surface area contributed by atoms with Crippen molar-refractivity contribution in [1.82, 2.24) is 10.6 Å². The maximum absolute atomic E-state index is 12.0. The number of carbonyl (C=O) groups excluding carboxylic acids is 2. The number of nitrogens with zero attached hydrogens (tertiary/aromatic N) is 1. The van der Waals surface area contributed by atoms with Gasteiger partial charge in [-0.05, 0) is 65.7 Å². The summed E-state index contributed by atoms with van der Waals surface area (Å²) < 4.78 is 10.4. The van der Waals surface area contributed by atoms with E-state index in [4.69, 9.17) is 9.47 Å². The van der Waals surface area contributed by atoms with Crippen molar-refractivity contribution in [2.45, 2.75) is 59.2 Å². The average molecular weight is 393 g/mol. The van der Waals surface area contributed by atoms with E-state index in [-0.39, 0.29) is 5.96 Å². The zero-order valence-electron chi connectivity index (χ0n) is 17.8. The molecule has 0 saturated heterocycles. The first kappa shape index (κ1) is 23.3. The predicted molar refractivity (Wildman–Crippen MR) is 111 cm³/mol. The second-order valence-corrected chi connectivity index (χ2v) is 8.18. The summed E-state index contributed by atoms with van der Waals surface area (Å²) >= 11 is 0. The van der Waals surface area contributed by atoms with Crippen molar-refractivity contribution in [2.75, 3.05) is 18.9 Å². The Bertz CT molecular complexity index is 654. The third-order valence-electron chi connectivity index (χ3n) is 3.15. The number of rotatable bonds is 4. The van der Waals surface area contributed by atoms with E-state index >= 15 is 0 Å². The minimum absolute atomic E-state index is 0.0182. The molecule has 1 aromatic rings. The first-order valence-electron chi connectivity index (χ1n) is 9.19. The van der Waals surface area contributed by atoms with Crippen LogP contribution in [-0.2, 0) is 15.9 Å². The molecule has 1 rings (SSSR count). The van der Waals surface area contributed by atoms with E-state index in [0.717, 1.165) is 11.3 Å². The summed E-state index contributed by atoms with van der Waals surface area (Å²) in [4.78, 5) is 28.3. The van der Waals surface area contributed by atoms with Gasteiger partial charge >= 0.3 is 12.2 Å². The van der Waals surface area contributed by atoms with Crippen molar-refractivity contribution in [3.63, 3.8) is 0 Å². The minimum Gasteiger partial charge on any atom is -0.444 e. The Morgan fingerprint density at radius 3 is 1.75 bits per heavy atom. The largest absolute Gasteiger partial charge is 0.444 e. The molecule has 8 nitrogen and oxygen atoms in total. The van der Waals surface area contributed by atoms with E-state index < -0.39 is 23.4 Å². The highest BCUT2D eigenvalue weighted by Crippen LogP contribution is 2.10. The van der Waals surface area contributed by atoms with Gasteiger partial charge in [0.15, 0.2) is 0 Å². The van der Waals surface area contributed by atoms with Gasteiger partial charge in [-0.3, -0.25) is 15.6 Å². The molecule has 0 saturated carbocycles. The number of hydrogen-bond donors (Lipinski definition) is 3. The number of guanidine groups is 1. The SMILES string of the molecule is CNc1ccc(CCN=C(NC(=O)OC(C)(C)C)NC(=O)OC(C)(C)C)cc1. The quantitative estimate of drug-likeness (QED) is 0.536. The molecule has 1 aromatic carbocycles. The van der Waals surface area contributed by atoms with Gasteiger partial charge in [0, 0.05) is 19.3 Å². The summed E-state index contributed by atoms with van der Waals surface area (Å²) in [7, 11) is 1.86. The van der Waals surface area contributed by atoms with Gasteiger partial charge in [0.2, 0.25) is 5.96 Å². The summed E-state index contributed by atoms with van der Waals surface area (Å²) in [6.07, 6.45) is -0.777. The molecule has 156 valence electrons. The summed E-state index contributed by atoms with van der Waals surface area (Å²) in [6.45, 7) is 10.9. The third kappa shape index (κ3) is 10.4. The lowest BCUT2D eigenvalue weighted by Crippen LogP contribution is -2.47. The molecule has 0 aliphatic carbocycles. The number of nitrogens with one attached hydrogen (secondary N) is 3. The zero-order chi connectivity index (χ0) is 21.4. The molecule has 8 heteroatoms. The highest BCUT2D eigenvalue weighted by atomic mass is 16.6. The minimum atomic E-state index is -0.708. The van der Waals surface area contributed by atoms with Gasteiger partial charge in [-0.25, -0.2) is 9.59 Å². The Morgan fingerprint density at radius 2 is 1.36 bits per heavy atom.